The molecule has 1 fully saturated rings. The lowest BCUT2D eigenvalue weighted by Crippen LogP contribution is -2.36. The molecule has 3 N–H and O–H groups in total. The second-order valence-electron chi connectivity index (χ2n) is 3.48. The van der Waals surface area contributed by atoms with Crippen LogP contribution < -0.4 is 16.6 Å². The van der Waals surface area contributed by atoms with Crippen molar-refractivity contribution < 1.29 is 4.39 Å². The van der Waals surface area contributed by atoms with Crippen LogP contribution in [0.15, 0.2) is 23.1 Å². The summed E-state index contributed by atoms with van der Waals surface area (Å²) in [4.78, 5) is 11.4. The van der Waals surface area contributed by atoms with Crippen molar-refractivity contribution >= 4 is 0 Å². The van der Waals surface area contributed by atoms with Gasteiger partial charge in [-0.05, 0) is 6.07 Å². The van der Waals surface area contributed by atoms with Crippen molar-refractivity contribution in [2.45, 2.75) is 12.1 Å². The molecule has 1 saturated heterocycles. The van der Waals surface area contributed by atoms with E-state index in [-0.39, 0.29) is 17.6 Å². The average Bonchev–Trinajstić information content (AvgIpc) is 2.56. The van der Waals surface area contributed by atoms with Crippen molar-refractivity contribution in [3.8, 4) is 0 Å². The van der Waals surface area contributed by atoms with Gasteiger partial charge in [0.25, 0.3) is 5.56 Å². The van der Waals surface area contributed by atoms with E-state index in [1.807, 2.05) is 0 Å². The molecular formula is C9H12FN3O. The Bertz CT molecular complexity index is 390. The molecule has 0 saturated carbocycles. The molecule has 76 valence electrons. The van der Waals surface area contributed by atoms with Crippen molar-refractivity contribution in [3.63, 3.8) is 0 Å². The molecule has 0 amide bonds. The van der Waals surface area contributed by atoms with Crippen molar-refractivity contribution in [2.24, 2.45) is 5.73 Å². The maximum absolute atomic E-state index is 12.9. The third-order valence-electron chi connectivity index (χ3n) is 2.49. The maximum Gasteiger partial charge on any atom is 0.251 e. The number of rotatable bonds is 1. The highest BCUT2D eigenvalue weighted by atomic mass is 19.1. The topological polar surface area (TPSA) is 60.0 Å². The number of nitrogens with zero attached hydrogens (tertiary/aromatic N) is 1. The zero-order chi connectivity index (χ0) is 10.1. The molecule has 0 aliphatic carbocycles. The fourth-order valence-corrected chi connectivity index (χ4v) is 1.73. The van der Waals surface area contributed by atoms with E-state index in [1.165, 1.54) is 16.8 Å². The number of hydrogen-bond donors (Lipinski definition) is 2. The van der Waals surface area contributed by atoms with E-state index >= 15 is 0 Å². The Morgan fingerprint density at radius 2 is 2.29 bits per heavy atom. The molecule has 1 aromatic heterocycles. The quantitative estimate of drug-likeness (QED) is 0.635. The van der Waals surface area contributed by atoms with Gasteiger partial charge in [0.05, 0.1) is 6.04 Å². The summed E-state index contributed by atoms with van der Waals surface area (Å²) in [6.45, 7) is 1.28. The second kappa shape index (κ2) is 3.51. The third-order valence-corrected chi connectivity index (χ3v) is 2.49. The molecule has 0 spiro atoms. The van der Waals surface area contributed by atoms with E-state index in [2.05, 4.69) is 5.32 Å². The van der Waals surface area contributed by atoms with Crippen LogP contribution in [0.5, 0.6) is 0 Å². The average molecular weight is 197 g/mol. The summed E-state index contributed by atoms with van der Waals surface area (Å²) < 4.78 is 14.3. The first-order chi connectivity index (χ1) is 6.68. The van der Waals surface area contributed by atoms with E-state index < -0.39 is 5.82 Å². The van der Waals surface area contributed by atoms with Gasteiger partial charge < -0.3 is 15.6 Å². The molecule has 0 bridgehead atoms. The maximum atomic E-state index is 12.9. The summed E-state index contributed by atoms with van der Waals surface area (Å²) in [6, 6.07) is 2.11. The van der Waals surface area contributed by atoms with Crippen LogP contribution in [-0.2, 0) is 0 Å². The molecule has 5 heteroatoms. The van der Waals surface area contributed by atoms with E-state index in [0.717, 1.165) is 6.07 Å². The number of nitrogens with two attached hydrogens (primary N) is 1. The summed E-state index contributed by atoms with van der Waals surface area (Å²) in [5, 5.41) is 3.06. The molecule has 1 aromatic rings. The Morgan fingerprint density at radius 3 is 2.93 bits per heavy atom. The Balaban J connectivity index is 2.40. The predicted octanol–water partition coefficient (Wildman–Crippen LogP) is -0.541. The number of pyridine rings is 1. The number of halogens is 1. The van der Waals surface area contributed by atoms with Crippen LogP contribution >= 0.6 is 0 Å². The first-order valence-corrected chi connectivity index (χ1v) is 4.52. The molecule has 0 radical (unpaired) electrons. The highest BCUT2D eigenvalue weighted by Crippen LogP contribution is 2.11. The van der Waals surface area contributed by atoms with Crippen LogP contribution in [0.2, 0.25) is 0 Å². The van der Waals surface area contributed by atoms with Gasteiger partial charge in [-0.25, -0.2) is 4.39 Å². The molecule has 2 heterocycles. The molecule has 1 aliphatic heterocycles. The monoisotopic (exact) mass is 197 g/mol. The number of nitrogens with one attached hydrogen (secondary N) is 1. The molecule has 4 nitrogen and oxygen atoms in total. The summed E-state index contributed by atoms with van der Waals surface area (Å²) in [5.41, 5.74) is 5.57. The van der Waals surface area contributed by atoms with Gasteiger partial charge >= 0.3 is 0 Å². The van der Waals surface area contributed by atoms with Gasteiger partial charge in [0, 0.05) is 31.4 Å². The van der Waals surface area contributed by atoms with Crippen LogP contribution in [0.4, 0.5) is 4.39 Å². The minimum Gasteiger partial charge on any atom is -0.325 e. The van der Waals surface area contributed by atoms with E-state index in [1.54, 1.807) is 0 Å². The van der Waals surface area contributed by atoms with Crippen LogP contribution in [0.1, 0.15) is 6.04 Å². The van der Waals surface area contributed by atoms with Crippen LogP contribution in [0.3, 0.4) is 0 Å². The van der Waals surface area contributed by atoms with E-state index in [4.69, 9.17) is 5.73 Å². The summed E-state index contributed by atoms with van der Waals surface area (Å²) in [7, 11) is 0. The normalized spacial score (nSPS) is 26.7. The summed E-state index contributed by atoms with van der Waals surface area (Å²) >= 11 is 0. The molecule has 0 aromatic carbocycles. The van der Waals surface area contributed by atoms with E-state index in [0.29, 0.717) is 13.1 Å². The van der Waals surface area contributed by atoms with Gasteiger partial charge in [0.1, 0.15) is 5.82 Å². The lowest BCUT2D eigenvalue weighted by molar-refractivity contribution is 0.463. The first kappa shape index (κ1) is 9.36. The lowest BCUT2D eigenvalue weighted by Gasteiger charge is -2.17. The van der Waals surface area contributed by atoms with Crippen LogP contribution in [0, 0.1) is 5.82 Å². The molecule has 2 unspecified atom stereocenters. The molecule has 1 aliphatic rings. The van der Waals surface area contributed by atoms with Crippen molar-refractivity contribution in [1.29, 1.82) is 0 Å². The smallest absolute Gasteiger partial charge is 0.251 e. The molecule has 2 atom stereocenters. The highest BCUT2D eigenvalue weighted by molar-refractivity contribution is 5.01. The Morgan fingerprint density at radius 1 is 1.50 bits per heavy atom. The standard InChI is InChI=1S/C9H12FN3O/c10-6-1-2-9(14)13(5-6)8-4-12-3-7(8)11/h1-2,5,7-8,12H,3-4,11H2. The van der Waals surface area contributed by atoms with Gasteiger partial charge in [-0.15, -0.1) is 0 Å². The van der Waals surface area contributed by atoms with Crippen molar-refractivity contribution in [2.75, 3.05) is 13.1 Å². The number of hydrogen-bond acceptors (Lipinski definition) is 3. The zero-order valence-electron chi connectivity index (χ0n) is 7.61. The molecule has 14 heavy (non-hydrogen) atoms. The van der Waals surface area contributed by atoms with Crippen LogP contribution in [0.25, 0.3) is 0 Å². The largest absolute Gasteiger partial charge is 0.325 e. The molecular weight excluding hydrogens is 185 g/mol. The first-order valence-electron chi connectivity index (χ1n) is 4.52. The molecule has 2 rings (SSSR count). The Kier molecular flexibility index (Phi) is 2.35. The summed E-state index contributed by atoms with van der Waals surface area (Å²) in [6.07, 6.45) is 1.21. The predicted molar refractivity (Wildman–Crippen MR) is 50.5 cm³/mol. The minimum absolute atomic E-state index is 0.130. The third kappa shape index (κ3) is 1.56. The van der Waals surface area contributed by atoms with E-state index in [9.17, 15) is 9.18 Å². The Hall–Kier alpha value is -1.20. The van der Waals surface area contributed by atoms with Gasteiger partial charge in [-0.3, -0.25) is 4.79 Å². The zero-order valence-corrected chi connectivity index (χ0v) is 7.61. The second-order valence-corrected chi connectivity index (χ2v) is 3.48. The fraction of sp³-hybridized carbons (Fsp3) is 0.444. The van der Waals surface area contributed by atoms with Crippen molar-refractivity contribution in [1.82, 2.24) is 9.88 Å². The fourth-order valence-electron chi connectivity index (χ4n) is 1.73. The Labute approximate surface area is 80.5 Å². The van der Waals surface area contributed by atoms with Crippen LogP contribution in [-0.4, -0.2) is 23.7 Å². The SMILES string of the molecule is NC1CNCC1n1cc(F)ccc1=O. The van der Waals surface area contributed by atoms with Gasteiger partial charge in [-0.1, -0.05) is 0 Å². The van der Waals surface area contributed by atoms with Gasteiger partial charge in [-0.2, -0.15) is 0 Å². The lowest BCUT2D eigenvalue weighted by atomic mass is 10.2. The van der Waals surface area contributed by atoms with Crippen molar-refractivity contribution in [3.05, 3.63) is 34.5 Å². The summed E-state index contributed by atoms with van der Waals surface area (Å²) in [5.74, 6) is -0.413. The minimum atomic E-state index is -0.413. The van der Waals surface area contributed by atoms with Gasteiger partial charge in [0.15, 0.2) is 0 Å². The highest BCUT2D eigenvalue weighted by Gasteiger charge is 2.25. The number of aromatic nitrogens is 1. The van der Waals surface area contributed by atoms with Gasteiger partial charge in [0.2, 0.25) is 0 Å².